The molecule has 0 fully saturated rings. The van der Waals surface area contributed by atoms with Gasteiger partial charge in [0.15, 0.2) is 0 Å². The lowest BCUT2D eigenvalue weighted by Crippen LogP contribution is -2.30. The lowest BCUT2D eigenvalue weighted by Gasteiger charge is -2.20. The van der Waals surface area contributed by atoms with Crippen LogP contribution >= 0.6 is 15.9 Å². The molecule has 0 heterocycles. The molecule has 3 N–H and O–H groups in total. The first-order chi connectivity index (χ1) is 9.51. The fraction of sp³-hybridized carbons (Fsp3) is 0.250. The summed E-state index contributed by atoms with van der Waals surface area (Å²) >= 11 is 3.45. The maximum Gasteiger partial charge on any atom is 0.123 e. The van der Waals surface area contributed by atoms with Gasteiger partial charge in [0.1, 0.15) is 5.82 Å². The van der Waals surface area contributed by atoms with Crippen molar-refractivity contribution in [1.82, 2.24) is 5.43 Å². The highest BCUT2D eigenvalue weighted by atomic mass is 79.9. The first-order valence-corrected chi connectivity index (χ1v) is 7.27. The summed E-state index contributed by atoms with van der Waals surface area (Å²) in [6, 6.07) is 10.9. The van der Waals surface area contributed by atoms with Crippen molar-refractivity contribution in [1.29, 1.82) is 0 Å². The topological polar surface area (TPSA) is 38.0 Å². The minimum absolute atomic E-state index is 0.0383. The number of aryl methyl sites for hydroxylation is 2. The third kappa shape index (κ3) is 3.45. The summed E-state index contributed by atoms with van der Waals surface area (Å²) in [6.45, 7) is 4.03. The van der Waals surface area contributed by atoms with Gasteiger partial charge in [-0.05, 0) is 66.8 Å². The van der Waals surface area contributed by atoms with E-state index in [1.165, 1.54) is 6.07 Å². The van der Waals surface area contributed by atoms with E-state index in [1.54, 1.807) is 12.1 Å². The molecule has 1 atom stereocenters. The van der Waals surface area contributed by atoms with Crippen molar-refractivity contribution in [3.63, 3.8) is 0 Å². The summed E-state index contributed by atoms with van der Waals surface area (Å²) in [7, 11) is 0. The van der Waals surface area contributed by atoms with Gasteiger partial charge in [-0.1, -0.05) is 28.1 Å². The zero-order valence-electron chi connectivity index (χ0n) is 11.6. The minimum atomic E-state index is -0.214. The van der Waals surface area contributed by atoms with Crippen molar-refractivity contribution >= 4 is 15.9 Å². The maximum absolute atomic E-state index is 13.4. The summed E-state index contributed by atoms with van der Waals surface area (Å²) in [5.41, 5.74) is 7.15. The standard InChI is InChI=1S/C16H18BrFN2/c1-10-3-5-14(18)8-12(10)9-16(20-19)15-6-4-13(17)7-11(15)2/h3-8,16,20H,9,19H2,1-2H3. The molecule has 0 saturated heterocycles. The van der Waals surface area contributed by atoms with E-state index in [2.05, 4.69) is 27.4 Å². The fourth-order valence-corrected chi connectivity index (χ4v) is 2.84. The predicted octanol–water partition coefficient (Wildman–Crippen LogP) is 3.95. The van der Waals surface area contributed by atoms with Crippen LogP contribution < -0.4 is 11.3 Å². The molecule has 4 heteroatoms. The number of nitrogens with one attached hydrogen (secondary N) is 1. The Morgan fingerprint density at radius 3 is 2.55 bits per heavy atom. The summed E-state index contributed by atoms with van der Waals surface area (Å²) in [5.74, 6) is 5.48. The molecule has 0 saturated carbocycles. The minimum Gasteiger partial charge on any atom is -0.271 e. The third-order valence-corrected chi connectivity index (χ3v) is 4.04. The van der Waals surface area contributed by atoms with Crippen LogP contribution in [0.3, 0.4) is 0 Å². The molecule has 0 amide bonds. The molecule has 0 aliphatic rings. The van der Waals surface area contributed by atoms with Gasteiger partial charge in [-0.25, -0.2) is 4.39 Å². The molecule has 1 unspecified atom stereocenters. The second-order valence-corrected chi connectivity index (χ2v) is 5.91. The first kappa shape index (κ1) is 15.2. The Kier molecular flexibility index (Phi) is 4.91. The number of hydrazine groups is 1. The van der Waals surface area contributed by atoms with Gasteiger partial charge < -0.3 is 0 Å². The van der Waals surface area contributed by atoms with Gasteiger partial charge in [0.2, 0.25) is 0 Å². The van der Waals surface area contributed by atoms with E-state index >= 15 is 0 Å². The summed E-state index contributed by atoms with van der Waals surface area (Å²) < 4.78 is 14.4. The monoisotopic (exact) mass is 336 g/mol. The van der Waals surface area contributed by atoms with E-state index in [1.807, 2.05) is 26.0 Å². The lowest BCUT2D eigenvalue weighted by molar-refractivity contribution is 0.545. The highest BCUT2D eigenvalue weighted by Crippen LogP contribution is 2.25. The van der Waals surface area contributed by atoms with E-state index < -0.39 is 0 Å². The van der Waals surface area contributed by atoms with Gasteiger partial charge in [0, 0.05) is 4.47 Å². The quantitative estimate of drug-likeness (QED) is 0.655. The van der Waals surface area contributed by atoms with Crippen LogP contribution in [-0.2, 0) is 6.42 Å². The van der Waals surface area contributed by atoms with Crippen LogP contribution in [0, 0.1) is 19.7 Å². The number of nitrogens with two attached hydrogens (primary N) is 1. The largest absolute Gasteiger partial charge is 0.271 e. The molecular weight excluding hydrogens is 319 g/mol. The molecule has 0 spiro atoms. The zero-order valence-corrected chi connectivity index (χ0v) is 13.2. The van der Waals surface area contributed by atoms with E-state index in [0.717, 1.165) is 26.7 Å². The lowest BCUT2D eigenvalue weighted by atomic mass is 9.94. The van der Waals surface area contributed by atoms with Crippen LogP contribution in [0.1, 0.15) is 28.3 Å². The Morgan fingerprint density at radius 1 is 1.15 bits per heavy atom. The molecule has 0 radical (unpaired) electrons. The van der Waals surface area contributed by atoms with E-state index in [0.29, 0.717) is 6.42 Å². The molecule has 2 nitrogen and oxygen atoms in total. The van der Waals surface area contributed by atoms with Gasteiger partial charge in [0.05, 0.1) is 6.04 Å². The first-order valence-electron chi connectivity index (χ1n) is 6.48. The SMILES string of the molecule is Cc1ccc(F)cc1CC(NN)c1ccc(Br)cc1C. The molecule has 0 bridgehead atoms. The van der Waals surface area contributed by atoms with Crippen LogP contribution in [0.2, 0.25) is 0 Å². The van der Waals surface area contributed by atoms with Gasteiger partial charge in [-0.3, -0.25) is 11.3 Å². The van der Waals surface area contributed by atoms with Gasteiger partial charge in [-0.2, -0.15) is 0 Å². The van der Waals surface area contributed by atoms with E-state index in [-0.39, 0.29) is 11.9 Å². The van der Waals surface area contributed by atoms with Crippen LogP contribution in [0.5, 0.6) is 0 Å². The smallest absolute Gasteiger partial charge is 0.123 e. The van der Waals surface area contributed by atoms with Crippen LogP contribution in [0.15, 0.2) is 40.9 Å². The average molecular weight is 337 g/mol. The van der Waals surface area contributed by atoms with Crippen molar-refractivity contribution in [2.75, 3.05) is 0 Å². The summed E-state index contributed by atoms with van der Waals surface area (Å²) in [6.07, 6.45) is 0.655. The molecule has 106 valence electrons. The molecule has 0 aromatic heterocycles. The second kappa shape index (κ2) is 6.48. The van der Waals surface area contributed by atoms with Crippen LogP contribution in [-0.4, -0.2) is 0 Å². The molecule has 20 heavy (non-hydrogen) atoms. The maximum atomic E-state index is 13.4. The Balaban J connectivity index is 2.31. The second-order valence-electron chi connectivity index (χ2n) is 5.00. The number of hydrogen-bond acceptors (Lipinski definition) is 2. The molecule has 2 aromatic rings. The van der Waals surface area contributed by atoms with E-state index in [4.69, 9.17) is 5.84 Å². The molecule has 2 aromatic carbocycles. The molecule has 0 aliphatic heterocycles. The van der Waals surface area contributed by atoms with Gasteiger partial charge >= 0.3 is 0 Å². The van der Waals surface area contributed by atoms with Crippen LogP contribution in [0.4, 0.5) is 4.39 Å². The fourth-order valence-electron chi connectivity index (χ4n) is 2.37. The van der Waals surface area contributed by atoms with Crippen LogP contribution in [0.25, 0.3) is 0 Å². The highest BCUT2D eigenvalue weighted by Gasteiger charge is 2.14. The Hall–Kier alpha value is -1.23. The number of halogens is 2. The average Bonchev–Trinajstić information content (AvgIpc) is 2.40. The third-order valence-electron chi connectivity index (χ3n) is 3.54. The van der Waals surface area contributed by atoms with Crippen molar-refractivity contribution in [2.45, 2.75) is 26.3 Å². The highest BCUT2D eigenvalue weighted by molar-refractivity contribution is 9.10. The Labute approximate surface area is 127 Å². The van der Waals surface area contributed by atoms with Gasteiger partial charge in [0.25, 0.3) is 0 Å². The Bertz CT molecular complexity index is 613. The molecular formula is C16H18BrFN2. The number of rotatable bonds is 4. The van der Waals surface area contributed by atoms with Gasteiger partial charge in [-0.15, -0.1) is 0 Å². The molecule has 2 rings (SSSR count). The number of benzene rings is 2. The zero-order chi connectivity index (χ0) is 14.7. The molecule has 0 aliphatic carbocycles. The van der Waals surface area contributed by atoms with Crippen molar-refractivity contribution < 1.29 is 4.39 Å². The summed E-state index contributed by atoms with van der Waals surface area (Å²) in [5, 5.41) is 0. The normalized spacial score (nSPS) is 12.4. The number of hydrogen-bond donors (Lipinski definition) is 2. The Morgan fingerprint density at radius 2 is 1.90 bits per heavy atom. The van der Waals surface area contributed by atoms with Crippen molar-refractivity contribution in [3.8, 4) is 0 Å². The summed E-state index contributed by atoms with van der Waals surface area (Å²) in [4.78, 5) is 0. The van der Waals surface area contributed by atoms with Crippen molar-refractivity contribution in [3.05, 3.63) is 68.9 Å². The van der Waals surface area contributed by atoms with E-state index in [9.17, 15) is 4.39 Å². The van der Waals surface area contributed by atoms with Crippen molar-refractivity contribution in [2.24, 2.45) is 5.84 Å². The predicted molar refractivity (Wildman–Crippen MR) is 83.8 cm³/mol.